The largest absolute Gasteiger partial charge is 0.480 e. The molecule has 0 fully saturated rings. The van der Waals surface area contributed by atoms with Gasteiger partial charge in [-0.3, -0.25) is 4.79 Å². The van der Waals surface area contributed by atoms with Crippen LogP contribution < -0.4 is 4.90 Å². The van der Waals surface area contributed by atoms with Gasteiger partial charge in [-0.25, -0.2) is 4.98 Å². The highest BCUT2D eigenvalue weighted by Crippen LogP contribution is 2.20. The molecule has 1 rings (SSSR count). The van der Waals surface area contributed by atoms with Crippen LogP contribution in [-0.4, -0.2) is 54.7 Å². The van der Waals surface area contributed by atoms with E-state index in [1.807, 2.05) is 36.2 Å². The van der Waals surface area contributed by atoms with Crippen molar-refractivity contribution in [3.8, 4) is 0 Å². The number of carbonyl (C=O) groups is 1. The van der Waals surface area contributed by atoms with Crippen LogP contribution >= 0.6 is 11.3 Å². The number of aryl methyl sites for hydroxylation is 1. The highest BCUT2D eigenvalue weighted by Gasteiger charge is 2.14. The Labute approximate surface area is 106 Å². The van der Waals surface area contributed by atoms with Crippen LogP contribution in [0, 0.1) is 0 Å². The number of hydrogen-bond acceptors (Lipinski definition) is 5. The van der Waals surface area contributed by atoms with Gasteiger partial charge < -0.3 is 14.9 Å². The fourth-order valence-electron chi connectivity index (χ4n) is 1.33. The number of anilines is 1. The lowest BCUT2D eigenvalue weighted by Gasteiger charge is -2.21. The fourth-order valence-corrected chi connectivity index (χ4v) is 2.27. The molecule has 1 heterocycles. The van der Waals surface area contributed by atoms with Gasteiger partial charge in [0.25, 0.3) is 0 Å². The second-order valence-electron chi connectivity index (χ2n) is 4.09. The second kappa shape index (κ2) is 6.56. The predicted octanol–water partition coefficient (Wildman–Crippen LogP) is 1.16. The highest BCUT2D eigenvalue weighted by molar-refractivity contribution is 7.13. The van der Waals surface area contributed by atoms with Gasteiger partial charge in [-0.2, -0.15) is 0 Å². The van der Waals surface area contributed by atoms with Crippen molar-refractivity contribution >= 4 is 22.4 Å². The standard InChI is InChI=1S/C11H19N3O2S/c1-4-9-8-17-11(12-9)14(7-10(15)16)6-5-13(2)3/h8H,4-7H2,1-3H3,(H,15,16). The van der Waals surface area contributed by atoms with Crippen molar-refractivity contribution in [3.05, 3.63) is 11.1 Å². The summed E-state index contributed by atoms with van der Waals surface area (Å²) < 4.78 is 0. The third kappa shape index (κ3) is 4.70. The third-order valence-corrected chi connectivity index (χ3v) is 3.27. The van der Waals surface area contributed by atoms with E-state index in [2.05, 4.69) is 4.98 Å². The maximum Gasteiger partial charge on any atom is 0.323 e. The van der Waals surface area contributed by atoms with Crippen LogP contribution in [-0.2, 0) is 11.2 Å². The number of carboxylic acid groups (broad SMARTS) is 1. The number of aromatic nitrogens is 1. The summed E-state index contributed by atoms with van der Waals surface area (Å²) in [6.45, 7) is 3.54. The summed E-state index contributed by atoms with van der Waals surface area (Å²) in [6, 6.07) is 0. The molecule has 17 heavy (non-hydrogen) atoms. The minimum atomic E-state index is -0.822. The minimum Gasteiger partial charge on any atom is -0.480 e. The van der Waals surface area contributed by atoms with Crippen molar-refractivity contribution in [2.75, 3.05) is 38.6 Å². The Balaban J connectivity index is 2.70. The molecule has 96 valence electrons. The molecule has 6 heteroatoms. The zero-order chi connectivity index (χ0) is 12.8. The molecule has 5 nitrogen and oxygen atoms in total. The maximum atomic E-state index is 10.8. The predicted molar refractivity (Wildman–Crippen MR) is 69.9 cm³/mol. The highest BCUT2D eigenvalue weighted by atomic mass is 32.1. The first-order valence-electron chi connectivity index (χ1n) is 5.58. The molecule has 0 aliphatic rings. The van der Waals surface area contributed by atoms with Crippen molar-refractivity contribution in [2.24, 2.45) is 0 Å². The van der Waals surface area contributed by atoms with Gasteiger partial charge >= 0.3 is 5.97 Å². The Morgan fingerprint density at radius 3 is 2.65 bits per heavy atom. The van der Waals surface area contributed by atoms with Crippen LogP contribution in [0.1, 0.15) is 12.6 Å². The van der Waals surface area contributed by atoms with E-state index >= 15 is 0 Å². The maximum absolute atomic E-state index is 10.8. The van der Waals surface area contributed by atoms with Gasteiger partial charge in [0.05, 0.1) is 5.69 Å². The first-order valence-corrected chi connectivity index (χ1v) is 6.46. The van der Waals surface area contributed by atoms with Crippen molar-refractivity contribution in [3.63, 3.8) is 0 Å². The van der Waals surface area contributed by atoms with Gasteiger partial charge in [0, 0.05) is 18.5 Å². The van der Waals surface area contributed by atoms with Crippen LogP contribution in [0.15, 0.2) is 5.38 Å². The molecular formula is C11H19N3O2S. The minimum absolute atomic E-state index is 0.00447. The first-order chi connectivity index (χ1) is 8.02. The Hall–Kier alpha value is -1.14. The van der Waals surface area contributed by atoms with Gasteiger partial charge in [-0.1, -0.05) is 6.92 Å². The quantitative estimate of drug-likeness (QED) is 0.794. The van der Waals surface area contributed by atoms with E-state index in [0.29, 0.717) is 6.54 Å². The molecular weight excluding hydrogens is 238 g/mol. The number of likely N-dealkylation sites (N-methyl/N-ethyl adjacent to an activating group) is 1. The molecule has 0 bridgehead atoms. The summed E-state index contributed by atoms with van der Waals surface area (Å²) in [5.41, 5.74) is 1.02. The van der Waals surface area contributed by atoms with Crippen LogP contribution in [0.2, 0.25) is 0 Å². The van der Waals surface area contributed by atoms with Crippen molar-refractivity contribution < 1.29 is 9.90 Å². The summed E-state index contributed by atoms with van der Waals surface area (Å²) in [4.78, 5) is 19.1. The van der Waals surface area contributed by atoms with Crippen LogP contribution in [0.25, 0.3) is 0 Å². The van der Waals surface area contributed by atoms with Crippen molar-refractivity contribution in [2.45, 2.75) is 13.3 Å². The zero-order valence-corrected chi connectivity index (χ0v) is 11.3. The average Bonchev–Trinajstić information content (AvgIpc) is 2.71. The Morgan fingerprint density at radius 2 is 2.18 bits per heavy atom. The van der Waals surface area contributed by atoms with Gasteiger partial charge in [0.15, 0.2) is 5.13 Å². The lowest BCUT2D eigenvalue weighted by Crippen LogP contribution is -2.35. The topological polar surface area (TPSA) is 56.7 Å². The molecule has 0 saturated carbocycles. The molecule has 0 spiro atoms. The number of aliphatic carboxylic acids is 1. The molecule has 0 aliphatic carbocycles. The molecule has 0 radical (unpaired) electrons. The van der Waals surface area contributed by atoms with E-state index < -0.39 is 5.97 Å². The van der Waals surface area contributed by atoms with E-state index in [9.17, 15) is 4.79 Å². The Morgan fingerprint density at radius 1 is 1.47 bits per heavy atom. The number of carboxylic acids is 1. The molecule has 1 aromatic heterocycles. The van der Waals surface area contributed by atoms with Crippen LogP contribution in [0.3, 0.4) is 0 Å². The van der Waals surface area contributed by atoms with Gasteiger partial charge in [-0.15, -0.1) is 11.3 Å². The summed E-state index contributed by atoms with van der Waals surface area (Å²) in [5.74, 6) is -0.822. The zero-order valence-electron chi connectivity index (χ0n) is 10.5. The summed E-state index contributed by atoms with van der Waals surface area (Å²) in [7, 11) is 3.94. The van der Waals surface area contributed by atoms with Crippen molar-refractivity contribution in [1.29, 1.82) is 0 Å². The van der Waals surface area contributed by atoms with Gasteiger partial charge in [0.2, 0.25) is 0 Å². The summed E-state index contributed by atoms with van der Waals surface area (Å²) in [5, 5.41) is 11.7. The molecule has 0 saturated heterocycles. The van der Waals surface area contributed by atoms with Gasteiger partial charge in [-0.05, 0) is 20.5 Å². The smallest absolute Gasteiger partial charge is 0.323 e. The van der Waals surface area contributed by atoms with Crippen LogP contribution in [0.5, 0.6) is 0 Å². The molecule has 1 aromatic rings. The average molecular weight is 257 g/mol. The molecule has 1 N–H and O–H groups in total. The van der Waals surface area contributed by atoms with Gasteiger partial charge in [0.1, 0.15) is 6.54 Å². The monoisotopic (exact) mass is 257 g/mol. The molecule has 0 atom stereocenters. The molecule has 0 aliphatic heterocycles. The second-order valence-corrected chi connectivity index (χ2v) is 4.93. The first kappa shape index (κ1) is 13.9. The van der Waals surface area contributed by atoms with E-state index in [4.69, 9.17) is 5.11 Å². The molecule has 0 aromatic carbocycles. The lowest BCUT2D eigenvalue weighted by atomic mass is 10.4. The van der Waals surface area contributed by atoms with E-state index in [0.717, 1.165) is 23.8 Å². The van der Waals surface area contributed by atoms with Crippen LogP contribution in [0.4, 0.5) is 5.13 Å². The third-order valence-electron chi connectivity index (χ3n) is 2.32. The Bertz CT molecular complexity index is 365. The van der Waals surface area contributed by atoms with E-state index in [1.165, 1.54) is 11.3 Å². The number of hydrogen-bond donors (Lipinski definition) is 1. The summed E-state index contributed by atoms with van der Waals surface area (Å²) >= 11 is 1.51. The fraction of sp³-hybridized carbons (Fsp3) is 0.636. The summed E-state index contributed by atoms with van der Waals surface area (Å²) in [6.07, 6.45) is 0.880. The van der Waals surface area contributed by atoms with E-state index in [-0.39, 0.29) is 6.54 Å². The lowest BCUT2D eigenvalue weighted by molar-refractivity contribution is -0.135. The normalized spacial score (nSPS) is 10.8. The van der Waals surface area contributed by atoms with E-state index in [1.54, 1.807) is 0 Å². The number of rotatable bonds is 7. The van der Waals surface area contributed by atoms with Crippen molar-refractivity contribution in [1.82, 2.24) is 9.88 Å². The SMILES string of the molecule is CCc1csc(N(CCN(C)C)CC(=O)O)n1. The number of thiazole rings is 1. The Kier molecular flexibility index (Phi) is 5.37. The molecule has 0 amide bonds. The number of nitrogens with zero attached hydrogens (tertiary/aromatic N) is 3. The molecule has 0 unspecified atom stereocenters.